The number of thiophene rings is 1. The number of nitrogens with zero attached hydrogens (tertiary/aromatic N) is 2. The van der Waals surface area contributed by atoms with Gasteiger partial charge in [-0.3, -0.25) is 13.4 Å². The first kappa shape index (κ1) is 38.4. The highest BCUT2D eigenvalue weighted by molar-refractivity contribution is 7.13. The van der Waals surface area contributed by atoms with Gasteiger partial charge in [-0.05, 0) is 96.4 Å². The molecule has 3 aromatic carbocycles. The van der Waals surface area contributed by atoms with E-state index in [9.17, 15) is 18.5 Å². The minimum absolute atomic E-state index is 0.0634. The van der Waals surface area contributed by atoms with Crippen LogP contribution in [0, 0.1) is 0 Å². The molecule has 0 bridgehead atoms. The zero-order valence-electron chi connectivity index (χ0n) is 29.9. The van der Waals surface area contributed by atoms with Crippen molar-refractivity contribution >= 4 is 53.3 Å². The maximum absolute atomic E-state index is 13.9. The Morgan fingerprint density at radius 2 is 1.70 bits per heavy atom. The second kappa shape index (κ2) is 19.7. The van der Waals surface area contributed by atoms with Crippen LogP contribution in [0.25, 0.3) is 33.5 Å². The summed E-state index contributed by atoms with van der Waals surface area (Å²) in [6.07, 6.45) is 12.3. The molecule has 54 heavy (non-hydrogen) atoms. The van der Waals surface area contributed by atoms with Crippen molar-refractivity contribution < 1.29 is 28.0 Å². The van der Waals surface area contributed by atoms with Crippen molar-refractivity contribution in [1.29, 1.82) is 0 Å². The predicted octanol–water partition coefficient (Wildman–Crippen LogP) is 8.29. The number of aromatic nitrogens is 1. The lowest BCUT2D eigenvalue weighted by Crippen LogP contribution is -2.32. The third kappa shape index (κ3) is 11.1. The normalized spacial score (nSPS) is 13.8. The molecule has 0 radical (unpaired) electrons. The molecule has 5 aromatic rings. The van der Waals surface area contributed by atoms with Gasteiger partial charge in [-0.2, -0.15) is 0 Å². The molecular formula is C42H43BF2N4O4S. The standard InChI is InChI=1S/C42H43BF2N4O4S/c44-43(45)49-35(20-23-39(49)41-13-8-26-54-41)27-34-19-18-33(48-34)17-14-31-15-21-37(22-16-31)52-30-42(51)47-25-6-2-1-5-24-46-28-36(50)29-53-40-12-7-10-32-9-3-4-11-38(32)40/h3-4,7-23,26-27,36,46,50H,1-2,5-6,24-25,28-30H2,(H,47,51)/b17-14+,34-27-/t36-/m0/s1. The number of allylic oxidation sites excluding steroid dienone is 3. The molecule has 0 unspecified atom stereocenters. The lowest BCUT2D eigenvalue weighted by molar-refractivity contribution is -0.123. The Labute approximate surface area is 318 Å². The summed E-state index contributed by atoms with van der Waals surface area (Å²) < 4.78 is 40.4. The van der Waals surface area contributed by atoms with Crippen LogP contribution in [-0.4, -0.2) is 67.6 Å². The number of aliphatic hydroxyl groups excluding tert-OH is 1. The number of aliphatic hydroxyl groups is 1. The van der Waals surface area contributed by atoms with Crippen molar-refractivity contribution in [3.63, 3.8) is 0 Å². The van der Waals surface area contributed by atoms with Crippen LogP contribution >= 0.6 is 11.3 Å². The maximum atomic E-state index is 13.9. The van der Waals surface area contributed by atoms with Crippen LogP contribution in [0.15, 0.2) is 125 Å². The molecule has 278 valence electrons. The first-order chi connectivity index (χ1) is 26.4. The van der Waals surface area contributed by atoms with Gasteiger partial charge in [-0.15, -0.1) is 11.3 Å². The number of rotatable bonds is 20. The average molecular weight is 749 g/mol. The Balaban J connectivity index is 0.817. The molecule has 1 aliphatic heterocycles. The number of amides is 1. The molecule has 0 spiro atoms. The zero-order valence-corrected chi connectivity index (χ0v) is 30.7. The van der Waals surface area contributed by atoms with E-state index in [1.165, 1.54) is 11.3 Å². The number of benzene rings is 3. The Hall–Kier alpha value is -5.30. The lowest BCUT2D eigenvalue weighted by Gasteiger charge is -2.14. The van der Waals surface area contributed by atoms with Crippen LogP contribution in [-0.2, 0) is 4.79 Å². The fraction of sp³-hybridized carbons (Fsp3) is 0.238. The van der Waals surface area contributed by atoms with E-state index in [0.29, 0.717) is 41.6 Å². The van der Waals surface area contributed by atoms with Crippen LogP contribution < -0.4 is 20.1 Å². The van der Waals surface area contributed by atoms with E-state index >= 15 is 0 Å². The molecule has 8 nitrogen and oxygen atoms in total. The molecule has 12 heteroatoms. The summed E-state index contributed by atoms with van der Waals surface area (Å²) in [6, 6.07) is 28.4. The van der Waals surface area contributed by atoms with E-state index in [-0.39, 0.29) is 19.1 Å². The number of aliphatic imine (C=N–C) groups is 1. The number of fused-ring (bicyclic) bond motifs is 1. The highest BCUT2D eigenvalue weighted by Gasteiger charge is 2.24. The van der Waals surface area contributed by atoms with Crippen LogP contribution in [0.1, 0.15) is 36.9 Å². The fourth-order valence-electron chi connectivity index (χ4n) is 5.99. The van der Waals surface area contributed by atoms with Gasteiger partial charge in [0.25, 0.3) is 5.91 Å². The first-order valence-electron chi connectivity index (χ1n) is 18.1. The van der Waals surface area contributed by atoms with E-state index in [1.54, 1.807) is 36.4 Å². The van der Waals surface area contributed by atoms with Crippen LogP contribution in [0.2, 0.25) is 0 Å². The van der Waals surface area contributed by atoms with Gasteiger partial charge in [-0.25, -0.2) is 4.99 Å². The zero-order chi connectivity index (χ0) is 37.5. The highest BCUT2D eigenvalue weighted by Crippen LogP contribution is 2.30. The quantitative estimate of drug-likeness (QED) is 0.0550. The summed E-state index contributed by atoms with van der Waals surface area (Å²) >= 11 is 1.42. The number of carbonyl (C=O) groups is 1. The van der Waals surface area contributed by atoms with Crippen LogP contribution in [0.5, 0.6) is 11.5 Å². The number of hydrogen-bond acceptors (Lipinski definition) is 7. The van der Waals surface area contributed by atoms with Crippen molar-refractivity contribution in [2.24, 2.45) is 4.99 Å². The minimum atomic E-state index is -2.67. The third-order valence-corrected chi connectivity index (χ3v) is 9.65. The Kier molecular flexibility index (Phi) is 14.0. The molecule has 0 aliphatic carbocycles. The minimum Gasteiger partial charge on any atom is -0.490 e. The molecule has 2 aromatic heterocycles. The molecule has 1 amide bonds. The van der Waals surface area contributed by atoms with E-state index in [1.807, 2.05) is 90.3 Å². The van der Waals surface area contributed by atoms with Gasteiger partial charge < -0.3 is 29.7 Å². The molecule has 6 rings (SSSR count). The van der Waals surface area contributed by atoms with Gasteiger partial charge in [0.15, 0.2) is 6.61 Å². The Morgan fingerprint density at radius 1 is 0.889 bits per heavy atom. The molecular weight excluding hydrogens is 705 g/mol. The summed E-state index contributed by atoms with van der Waals surface area (Å²) in [5.74, 6) is 1.20. The Bertz CT molecular complexity index is 2090. The van der Waals surface area contributed by atoms with Gasteiger partial charge in [0.2, 0.25) is 0 Å². The van der Waals surface area contributed by atoms with Gasteiger partial charge in [0.05, 0.1) is 17.1 Å². The molecule has 0 saturated heterocycles. The molecule has 1 aliphatic rings. The second-order valence-electron chi connectivity index (χ2n) is 12.8. The maximum Gasteiger partial charge on any atom is 0.678 e. The van der Waals surface area contributed by atoms with Crippen molar-refractivity contribution in [3.8, 4) is 22.1 Å². The van der Waals surface area contributed by atoms with Crippen molar-refractivity contribution in [3.05, 3.63) is 132 Å². The number of halogens is 2. The lowest BCUT2D eigenvalue weighted by atomic mass is 10.1. The number of unbranched alkanes of at least 4 members (excludes halogenated alkanes) is 3. The molecule has 0 fully saturated rings. The number of nitrogens with one attached hydrogen (secondary N) is 2. The van der Waals surface area contributed by atoms with E-state index < -0.39 is 13.5 Å². The summed E-state index contributed by atoms with van der Waals surface area (Å²) in [7, 11) is -2.67. The van der Waals surface area contributed by atoms with E-state index in [2.05, 4.69) is 15.6 Å². The smallest absolute Gasteiger partial charge is 0.490 e. The van der Waals surface area contributed by atoms with Crippen molar-refractivity contribution in [2.75, 3.05) is 32.8 Å². The average Bonchev–Trinajstić information content (AvgIpc) is 3.97. The van der Waals surface area contributed by atoms with Crippen molar-refractivity contribution in [2.45, 2.75) is 31.8 Å². The SMILES string of the molecule is O=C(COc1ccc(/C=C/C2=NC(=C\c3ccc(-c4cccs4)n3B(F)F)/C=C2)cc1)NCCCCCCNC[C@H](O)COc1cccc2ccccc12. The summed E-state index contributed by atoms with van der Waals surface area (Å²) in [5.41, 5.74) is 3.09. The topological polar surface area (TPSA) is 97.1 Å². The van der Waals surface area contributed by atoms with E-state index in [0.717, 1.165) is 63.7 Å². The van der Waals surface area contributed by atoms with Crippen LogP contribution in [0.3, 0.4) is 0 Å². The van der Waals surface area contributed by atoms with Gasteiger partial charge in [-0.1, -0.05) is 73.5 Å². The second-order valence-corrected chi connectivity index (χ2v) is 13.8. The van der Waals surface area contributed by atoms with Gasteiger partial charge in [0.1, 0.15) is 24.2 Å². The largest absolute Gasteiger partial charge is 0.678 e. The first-order valence-corrected chi connectivity index (χ1v) is 19.0. The Morgan fingerprint density at radius 3 is 2.52 bits per heavy atom. The fourth-order valence-corrected chi connectivity index (χ4v) is 6.74. The van der Waals surface area contributed by atoms with Gasteiger partial charge in [0, 0.05) is 29.0 Å². The van der Waals surface area contributed by atoms with Crippen molar-refractivity contribution in [1.82, 2.24) is 15.1 Å². The number of hydrogen-bond donors (Lipinski definition) is 3. The number of carbonyl (C=O) groups excluding carboxylic acids is 1. The summed E-state index contributed by atoms with van der Waals surface area (Å²) in [5, 5.41) is 20.5. The molecule has 1 atom stereocenters. The highest BCUT2D eigenvalue weighted by atomic mass is 32.1. The number of ether oxygens (including phenoxy) is 2. The molecule has 0 saturated carbocycles. The van der Waals surface area contributed by atoms with E-state index in [4.69, 9.17) is 9.47 Å². The monoisotopic (exact) mass is 748 g/mol. The van der Waals surface area contributed by atoms with Gasteiger partial charge >= 0.3 is 7.40 Å². The molecule has 3 N–H and O–H groups in total. The third-order valence-electron chi connectivity index (χ3n) is 8.76. The summed E-state index contributed by atoms with van der Waals surface area (Å²) in [4.78, 5) is 17.6. The van der Waals surface area contributed by atoms with Crippen LogP contribution in [0.4, 0.5) is 8.63 Å². The molecule has 3 heterocycles. The summed E-state index contributed by atoms with van der Waals surface area (Å²) in [6.45, 7) is 2.03. The predicted molar refractivity (Wildman–Crippen MR) is 216 cm³/mol.